The minimum atomic E-state index is -4.00. The summed E-state index contributed by atoms with van der Waals surface area (Å²) in [6.07, 6.45) is 0. The molecule has 0 radical (unpaired) electrons. The van der Waals surface area contributed by atoms with Gasteiger partial charge in [-0.15, -0.1) is 12.6 Å². The van der Waals surface area contributed by atoms with E-state index in [4.69, 9.17) is 4.55 Å². The van der Waals surface area contributed by atoms with Crippen molar-refractivity contribution in [1.29, 1.82) is 0 Å². The molecule has 17 heavy (non-hydrogen) atoms. The SMILES string of the molecule is O=S(=O)(O)c1ccccc1.Sc1ccccc1. The van der Waals surface area contributed by atoms with E-state index < -0.39 is 10.1 Å². The maximum absolute atomic E-state index is 10.4. The molecule has 0 aliphatic rings. The Morgan fingerprint density at radius 3 is 1.47 bits per heavy atom. The minimum absolute atomic E-state index is 0.0741. The van der Waals surface area contributed by atoms with Crippen molar-refractivity contribution in [2.24, 2.45) is 0 Å². The largest absolute Gasteiger partial charge is 0.294 e. The van der Waals surface area contributed by atoms with Crippen LogP contribution < -0.4 is 0 Å². The van der Waals surface area contributed by atoms with Gasteiger partial charge < -0.3 is 0 Å². The van der Waals surface area contributed by atoms with E-state index in [2.05, 4.69) is 12.6 Å². The molecule has 0 aliphatic heterocycles. The summed E-state index contributed by atoms with van der Waals surface area (Å²) in [5.41, 5.74) is 0. The molecule has 0 spiro atoms. The summed E-state index contributed by atoms with van der Waals surface area (Å²) >= 11 is 4.08. The van der Waals surface area contributed by atoms with Gasteiger partial charge in [0.15, 0.2) is 0 Å². The van der Waals surface area contributed by atoms with Gasteiger partial charge in [-0.05, 0) is 24.3 Å². The fraction of sp³-hybridized carbons (Fsp3) is 0. The quantitative estimate of drug-likeness (QED) is 0.617. The van der Waals surface area contributed by atoms with Crippen LogP contribution >= 0.6 is 12.6 Å². The number of rotatable bonds is 1. The zero-order chi connectivity index (χ0) is 12.7. The summed E-state index contributed by atoms with van der Waals surface area (Å²) in [7, 11) is -4.00. The number of thiol groups is 1. The molecule has 0 atom stereocenters. The zero-order valence-electron chi connectivity index (χ0n) is 8.89. The first kappa shape index (κ1) is 13.8. The van der Waals surface area contributed by atoms with Gasteiger partial charge in [0.1, 0.15) is 0 Å². The molecule has 0 saturated heterocycles. The molecule has 0 fully saturated rings. The lowest BCUT2D eigenvalue weighted by Crippen LogP contribution is -1.96. The minimum Gasteiger partial charge on any atom is -0.282 e. The Balaban J connectivity index is 0.000000181. The summed E-state index contributed by atoms with van der Waals surface area (Å²) < 4.78 is 29.2. The molecule has 0 heterocycles. The van der Waals surface area contributed by atoms with Crippen molar-refractivity contribution >= 4 is 22.7 Å². The molecule has 90 valence electrons. The van der Waals surface area contributed by atoms with Crippen molar-refractivity contribution in [3.05, 3.63) is 60.7 Å². The number of benzene rings is 2. The van der Waals surface area contributed by atoms with Crippen LogP contribution in [0.1, 0.15) is 0 Å². The molecular formula is C12H12O3S2. The van der Waals surface area contributed by atoms with Crippen LogP contribution in [-0.4, -0.2) is 13.0 Å². The summed E-state index contributed by atoms with van der Waals surface area (Å²) in [5, 5.41) is 0. The van der Waals surface area contributed by atoms with Crippen molar-refractivity contribution < 1.29 is 13.0 Å². The predicted octanol–water partition coefficient (Wildman–Crippen LogP) is 2.91. The third kappa shape index (κ3) is 5.53. The fourth-order valence-corrected chi connectivity index (χ4v) is 1.69. The fourth-order valence-electron chi connectivity index (χ4n) is 1.02. The molecule has 0 unspecified atom stereocenters. The Kier molecular flexibility index (Phi) is 5.21. The maximum atomic E-state index is 10.4. The molecule has 5 heteroatoms. The highest BCUT2D eigenvalue weighted by Gasteiger charge is 2.05. The average Bonchev–Trinajstić information content (AvgIpc) is 2.31. The number of hydrogen-bond acceptors (Lipinski definition) is 3. The molecule has 0 aliphatic carbocycles. The first-order valence-corrected chi connectivity index (χ1v) is 6.65. The van der Waals surface area contributed by atoms with Crippen molar-refractivity contribution in [3.8, 4) is 0 Å². The molecule has 3 nitrogen and oxygen atoms in total. The van der Waals surface area contributed by atoms with Gasteiger partial charge in [0.05, 0.1) is 4.90 Å². The first-order valence-electron chi connectivity index (χ1n) is 4.77. The van der Waals surface area contributed by atoms with E-state index in [1.54, 1.807) is 18.2 Å². The maximum Gasteiger partial charge on any atom is 0.294 e. The second kappa shape index (κ2) is 6.44. The average molecular weight is 268 g/mol. The molecule has 2 aromatic carbocycles. The van der Waals surface area contributed by atoms with Gasteiger partial charge in [-0.1, -0.05) is 36.4 Å². The highest BCUT2D eigenvalue weighted by atomic mass is 32.2. The van der Waals surface area contributed by atoms with E-state index in [1.165, 1.54) is 12.1 Å². The molecule has 0 bridgehead atoms. The molecular weight excluding hydrogens is 256 g/mol. The molecule has 0 saturated carbocycles. The molecule has 2 aromatic rings. The van der Waals surface area contributed by atoms with Gasteiger partial charge in [-0.3, -0.25) is 4.55 Å². The van der Waals surface area contributed by atoms with Gasteiger partial charge >= 0.3 is 0 Å². The Labute approximate surface area is 106 Å². The molecule has 2 rings (SSSR count). The normalized spacial score (nSPS) is 10.2. The summed E-state index contributed by atoms with van der Waals surface area (Å²) in [6.45, 7) is 0. The van der Waals surface area contributed by atoms with E-state index >= 15 is 0 Å². The van der Waals surface area contributed by atoms with Crippen LogP contribution in [0.5, 0.6) is 0 Å². The Morgan fingerprint density at radius 2 is 1.24 bits per heavy atom. The Morgan fingerprint density at radius 1 is 0.824 bits per heavy atom. The highest BCUT2D eigenvalue weighted by molar-refractivity contribution is 7.85. The van der Waals surface area contributed by atoms with Crippen LogP contribution in [0.2, 0.25) is 0 Å². The van der Waals surface area contributed by atoms with Crippen LogP contribution in [0.4, 0.5) is 0 Å². The van der Waals surface area contributed by atoms with E-state index in [-0.39, 0.29) is 4.90 Å². The van der Waals surface area contributed by atoms with Gasteiger partial charge in [0, 0.05) is 4.90 Å². The van der Waals surface area contributed by atoms with Crippen LogP contribution in [0, 0.1) is 0 Å². The highest BCUT2D eigenvalue weighted by Crippen LogP contribution is 2.05. The monoisotopic (exact) mass is 268 g/mol. The Bertz CT molecular complexity index is 536. The third-order valence-corrected chi connectivity index (χ3v) is 2.96. The topological polar surface area (TPSA) is 54.4 Å². The van der Waals surface area contributed by atoms with E-state index in [9.17, 15) is 8.42 Å². The Hall–Kier alpha value is -1.30. The standard InChI is InChI=1S/C6H6O3S.C6H6S/c7-10(8,9)6-4-2-1-3-5-6;7-6-4-2-1-3-5-6/h1-5H,(H,7,8,9);1-5,7H. The summed E-state index contributed by atoms with van der Waals surface area (Å²) in [4.78, 5) is 0.942. The first-order chi connectivity index (χ1) is 8.00. The van der Waals surface area contributed by atoms with Crippen molar-refractivity contribution in [2.75, 3.05) is 0 Å². The smallest absolute Gasteiger partial charge is 0.282 e. The molecule has 1 N–H and O–H groups in total. The second-order valence-corrected chi connectivity index (χ2v) is 5.06. The van der Waals surface area contributed by atoms with Crippen molar-refractivity contribution in [1.82, 2.24) is 0 Å². The number of hydrogen-bond donors (Lipinski definition) is 2. The van der Waals surface area contributed by atoms with E-state index in [1.807, 2.05) is 30.3 Å². The van der Waals surface area contributed by atoms with Gasteiger partial charge in [-0.2, -0.15) is 8.42 Å². The summed E-state index contributed by atoms with van der Waals surface area (Å²) in [5.74, 6) is 0. The van der Waals surface area contributed by atoms with Gasteiger partial charge in [-0.25, -0.2) is 0 Å². The second-order valence-electron chi connectivity index (χ2n) is 3.12. The predicted molar refractivity (Wildman–Crippen MR) is 70.0 cm³/mol. The van der Waals surface area contributed by atoms with Crippen molar-refractivity contribution in [2.45, 2.75) is 9.79 Å². The molecule has 0 aromatic heterocycles. The lowest BCUT2D eigenvalue weighted by Gasteiger charge is -1.92. The third-order valence-electron chi connectivity index (χ3n) is 1.80. The van der Waals surface area contributed by atoms with Crippen LogP contribution in [0.3, 0.4) is 0 Å². The van der Waals surface area contributed by atoms with Gasteiger partial charge in [0.25, 0.3) is 10.1 Å². The lowest BCUT2D eigenvalue weighted by molar-refractivity contribution is 0.483. The van der Waals surface area contributed by atoms with Crippen molar-refractivity contribution in [3.63, 3.8) is 0 Å². The molecule has 0 amide bonds. The van der Waals surface area contributed by atoms with Crippen LogP contribution in [0.15, 0.2) is 70.5 Å². The van der Waals surface area contributed by atoms with Gasteiger partial charge in [0.2, 0.25) is 0 Å². The van der Waals surface area contributed by atoms with Crippen LogP contribution in [0.25, 0.3) is 0 Å². The summed E-state index contributed by atoms with van der Waals surface area (Å²) in [6, 6.07) is 17.2. The van der Waals surface area contributed by atoms with E-state index in [0.29, 0.717) is 0 Å². The lowest BCUT2D eigenvalue weighted by atomic mass is 10.4. The van der Waals surface area contributed by atoms with E-state index in [0.717, 1.165) is 4.90 Å². The van der Waals surface area contributed by atoms with Crippen LogP contribution in [-0.2, 0) is 10.1 Å². The zero-order valence-corrected chi connectivity index (χ0v) is 10.6.